The highest BCUT2D eigenvalue weighted by Gasteiger charge is 2.47. The molecule has 8 heteroatoms. The number of rotatable bonds is 9. The maximum Gasteiger partial charge on any atom is 0.336 e. The van der Waals surface area contributed by atoms with Crippen LogP contribution in [0.5, 0.6) is 0 Å². The van der Waals surface area contributed by atoms with Crippen LogP contribution in [0.1, 0.15) is 27.7 Å². The number of hydrogen-bond acceptors (Lipinski definition) is 7. The first-order valence-electron chi connectivity index (χ1n) is 7.10. The minimum absolute atomic E-state index is 0.0919. The van der Waals surface area contributed by atoms with Crippen LogP contribution in [0.15, 0.2) is 36.5 Å². The second kappa shape index (κ2) is 9.19. The van der Waals surface area contributed by atoms with Gasteiger partial charge in [0.2, 0.25) is 0 Å². The van der Waals surface area contributed by atoms with E-state index in [2.05, 4.69) is 19.7 Å². The predicted octanol–water partition coefficient (Wildman–Crippen LogP) is 1.12. The molecule has 0 bridgehead atoms. The maximum absolute atomic E-state index is 12.0. The third kappa shape index (κ3) is 6.13. The highest BCUT2D eigenvalue weighted by atomic mass is 28.2. The molecular formula is C16H24O7Si. The summed E-state index contributed by atoms with van der Waals surface area (Å²) in [5.74, 6) is -2.31. The Morgan fingerprint density at radius 1 is 0.875 bits per heavy atom. The van der Waals surface area contributed by atoms with Crippen molar-refractivity contribution in [3.8, 4) is 0 Å². The fourth-order valence-electron chi connectivity index (χ4n) is 1.40. The Balaban J connectivity index is 5.77. The van der Waals surface area contributed by atoms with Crippen molar-refractivity contribution in [2.75, 3.05) is 7.11 Å². The number of carbonyl (C=O) groups is 3. The van der Waals surface area contributed by atoms with Crippen molar-refractivity contribution in [2.45, 2.75) is 39.2 Å². The van der Waals surface area contributed by atoms with E-state index in [1.54, 1.807) is 0 Å². The summed E-state index contributed by atoms with van der Waals surface area (Å²) >= 11 is 0. The zero-order chi connectivity index (χ0) is 19.1. The first-order chi connectivity index (χ1) is 11.0. The summed E-state index contributed by atoms with van der Waals surface area (Å²) in [5.41, 5.74) is -1.53. The Morgan fingerprint density at radius 3 is 1.54 bits per heavy atom. The molecule has 0 aromatic heterocycles. The lowest BCUT2D eigenvalue weighted by atomic mass is 10.3. The molecule has 0 spiro atoms. The van der Waals surface area contributed by atoms with Crippen LogP contribution in [-0.2, 0) is 33.0 Å². The van der Waals surface area contributed by atoms with Gasteiger partial charge in [0, 0.05) is 23.8 Å². The summed E-state index contributed by atoms with van der Waals surface area (Å²) in [4.78, 5) is 35.7. The molecule has 0 amide bonds. The summed E-state index contributed by atoms with van der Waals surface area (Å²) in [6.45, 7) is 16.2. The fourth-order valence-corrected chi connectivity index (χ4v) is 2.50. The monoisotopic (exact) mass is 356 g/mol. The molecule has 0 rings (SSSR count). The molecule has 0 heterocycles. The van der Waals surface area contributed by atoms with Crippen LogP contribution in [0, 0.1) is 0 Å². The summed E-state index contributed by atoms with van der Waals surface area (Å²) in [6, 6.07) is 0. The quantitative estimate of drug-likeness (QED) is 0.265. The molecule has 0 saturated carbocycles. The summed E-state index contributed by atoms with van der Waals surface area (Å²) in [6.07, 6.45) is -1.11. The Kier molecular flexibility index (Phi) is 8.35. The van der Waals surface area contributed by atoms with E-state index in [0.717, 1.165) is 0 Å². The topological polar surface area (TPSA) is 88.1 Å². The van der Waals surface area contributed by atoms with Gasteiger partial charge >= 0.3 is 17.9 Å². The lowest BCUT2D eigenvalue weighted by molar-refractivity contribution is -0.228. The molecule has 0 aliphatic rings. The molecule has 0 aromatic carbocycles. The van der Waals surface area contributed by atoms with Crippen molar-refractivity contribution >= 4 is 27.7 Å². The van der Waals surface area contributed by atoms with Gasteiger partial charge in [0.05, 0.1) is 0 Å². The standard InChI is InChI=1S/C16H24O7Si/c1-9(2)13(17)21-12(7)16(24-20-8,22-14(18)10(3)4)23-15(19)11(5)6/h12H,1,3,5,24H2,2,4,6-8H3. The summed E-state index contributed by atoms with van der Waals surface area (Å²) in [5, 5.41) is 0. The van der Waals surface area contributed by atoms with Crippen molar-refractivity contribution in [3.05, 3.63) is 36.5 Å². The molecular weight excluding hydrogens is 332 g/mol. The van der Waals surface area contributed by atoms with Crippen molar-refractivity contribution in [1.29, 1.82) is 0 Å². The van der Waals surface area contributed by atoms with Crippen LogP contribution in [0.25, 0.3) is 0 Å². The van der Waals surface area contributed by atoms with Gasteiger partial charge in [0.25, 0.3) is 15.2 Å². The van der Waals surface area contributed by atoms with Crippen LogP contribution in [0.3, 0.4) is 0 Å². The zero-order valence-electron chi connectivity index (χ0n) is 14.8. The van der Waals surface area contributed by atoms with Crippen LogP contribution < -0.4 is 0 Å². The molecule has 134 valence electrons. The molecule has 1 atom stereocenters. The third-order valence-electron chi connectivity index (χ3n) is 2.83. The van der Waals surface area contributed by atoms with Gasteiger partial charge in [-0.3, -0.25) is 0 Å². The first-order valence-corrected chi connectivity index (χ1v) is 8.38. The molecule has 0 N–H and O–H groups in total. The Bertz CT molecular complexity index is 537. The van der Waals surface area contributed by atoms with Crippen molar-refractivity contribution in [3.63, 3.8) is 0 Å². The second-order valence-electron chi connectivity index (χ2n) is 5.41. The van der Waals surface area contributed by atoms with Gasteiger partial charge in [-0.25, -0.2) is 14.4 Å². The van der Waals surface area contributed by atoms with Gasteiger partial charge in [-0.05, 0) is 27.7 Å². The van der Waals surface area contributed by atoms with Crippen LogP contribution in [0.4, 0.5) is 0 Å². The lowest BCUT2D eigenvalue weighted by Crippen LogP contribution is -2.56. The van der Waals surface area contributed by atoms with Gasteiger partial charge in [0.15, 0.2) is 6.10 Å². The Hall–Kier alpha value is -2.19. The average Bonchev–Trinajstić information content (AvgIpc) is 2.46. The SMILES string of the molecule is C=C(C)C(=O)OC(C)C(OC(=O)C(=C)C)(OC(=O)C(=C)C)[SiH2]OC. The van der Waals surface area contributed by atoms with Gasteiger partial charge in [-0.1, -0.05) is 19.7 Å². The Labute approximate surface area is 144 Å². The van der Waals surface area contributed by atoms with Crippen molar-refractivity contribution in [1.82, 2.24) is 0 Å². The Morgan fingerprint density at radius 2 is 1.25 bits per heavy atom. The van der Waals surface area contributed by atoms with Crippen LogP contribution in [0.2, 0.25) is 0 Å². The smallest absolute Gasteiger partial charge is 0.336 e. The minimum atomic E-state index is -1.86. The van der Waals surface area contributed by atoms with E-state index in [1.807, 2.05) is 0 Å². The lowest BCUT2D eigenvalue weighted by Gasteiger charge is -2.36. The largest absolute Gasteiger partial charge is 0.451 e. The van der Waals surface area contributed by atoms with Gasteiger partial charge in [-0.15, -0.1) is 0 Å². The molecule has 0 aliphatic heterocycles. The molecule has 0 radical (unpaired) electrons. The molecule has 0 saturated heterocycles. The maximum atomic E-state index is 12.0. The third-order valence-corrected chi connectivity index (χ3v) is 4.38. The van der Waals surface area contributed by atoms with Crippen LogP contribution >= 0.6 is 0 Å². The number of ether oxygens (including phenoxy) is 3. The van der Waals surface area contributed by atoms with Crippen LogP contribution in [-0.4, -0.2) is 46.3 Å². The van der Waals surface area contributed by atoms with E-state index in [1.165, 1.54) is 34.8 Å². The first kappa shape index (κ1) is 21.8. The predicted molar refractivity (Wildman–Crippen MR) is 90.5 cm³/mol. The molecule has 0 fully saturated rings. The van der Waals surface area contributed by atoms with E-state index < -0.39 is 39.2 Å². The van der Waals surface area contributed by atoms with E-state index in [-0.39, 0.29) is 16.7 Å². The van der Waals surface area contributed by atoms with Gasteiger partial charge in [-0.2, -0.15) is 0 Å². The highest BCUT2D eigenvalue weighted by molar-refractivity contribution is 6.32. The summed E-state index contributed by atoms with van der Waals surface area (Å²) in [7, 11) is -0.438. The second-order valence-corrected chi connectivity index (χ2v) is 7.26. The molecule has 0 aliphatic carbocycles. The summed E-state index contributed by atoms with van der Waals surface area (Å²) < 4.78 is 21.0. The number of esters is 3. The van der Waals surface area contributed by atoms with Crippen molar-refractivity contribution < 1.29 is 33.0 Å². The average molecular weight is 356 g/mol. The van der Waals surface area contributed by atoms with Crippen molar-refractivity contribution in [2.24, 2.45) is 0 Å². The molecule has 24 heavy (non-hydrogen) atoms. The fraction of sp³-hybridized carbons (Fsp3) is 0.438. The highest BCUT2D eigenvalue weighted by Crippen LogP contribution is 2.24. The van der Waals surface area contributed by atoms with E-state index in [9.17, 15) is 14.4 Å². The van der Waals surface area contributed by atoms with Gasteiger partial charge < -0.3 is 18.6 Å². The number of carbonyl (C=O) groups excluding carboxylic acids is 3. The molecule has 7 nitrogen and oxygen atoms in total. The number of hydrogen-bond donors (Lipinski definition) is 0. The molecule has 1 unspecified atom stereocenters. The zero-order valence-corrected chi connectivity index (χ0v) is 16.2. The van der Waals surface area contributed by atoms with E-state index in [4.69, 9.17) is 18.6 Å². The minimum Gasteiger partial charge on any atom is -0.451 e. The molecule has 0 aromatic rings. The van der Waals surface area contributed by atoms with E-state index >= 15 is 0 Å². The van der Waals surface area contributed by atoms with Gasteiger partial charge in [0.1, 0.15) is 0 Å². The normalized spacial score (nSPS) is 12.4. The van der Waals surface area contributed by atoms with E-state index in [0.29, 0.717) is 0 Å².